The first-order valence-corrected chi connectivity index (χ1v) is 14.4. The molecule has 0 fully saturated rings. The van der Waals surface area contributed by atoms with Crippen LogP contribution in [0, 0.1) is 0 Å². The van der Waals surface area contributed by atoms with Gasteiger partial charge in [-0.05, 0) is 26.2 Å². The van der Waals surface area contributed by atoms with Crippen molar-refractivity contribution in [2.75, 3.05) is 13.2 Å². The Morgan fingerprint density at radius 2 is 1.00 bits per heavy atom. The molecule has 1 unspecified atom stereocenters. The molecule has 0 heterocycles. The summed E-state index contributed by atoms with van der Waals surface area (Å²) in [7, 11) is 0. The van der Waals surface area contributed by atoms with Crippen LogP contribution in [0.15, 0.2) is 0 Å². The van der Waals surface area contributed by atoms with Gasteiger partial charge in [-0.25, -0.2) is 0 Å². The molecule has 0 aromatic carbocycles. The third kappa shape index (κ3) is 32.4. The minimum Gasteiger partial charge on any atom is -0.466 e. The van der Waals surface area contributed by atoms with Gasteiger partial charge in [0.1, 0.15) is 12.7 Å². The van der Waals surface area contributed by atoms with Crippen molar-refractivity contribution in [1.82, 2.24) is 0 Å². The molecule has 0 bridgehead atoms. The monoisotopic (exact) mass is 500 g/mol. The quantitative estimate of drug-likeness (QED) is 0.0849. The van der Waals surface area contributed by atoms with E-state index < -0.39 is 0 Å². The van der Waals surface area contributed by atoms with Crippen molar-refractivity contribution < 1.29 is 28.6 Å². The van der Waals surface area contributed by atoms with Gasteiger partial charge in [0.15, 0.2) is 0 Å². The highest BCUT2D eigenvalue weighted by molar-refractivity contribution is 5.70. The average Bonchev–Trinajstić information content (AvgIpc) is 2.82. The van der Waals surface area contributed by atoms with Gasteiger partial charge in [0.05, 0.1) is 6.61 Å². The maximum absolute atomic E-state index is 11.8. The van der Waals surface area contributed by atoms with Crippen LogP contribution in [0.1, 0.15) is 150 Å². The minimum atomic E-state index is -0.361. The van der Waals surface area contributed by atoms with E-state index in [0.717, 1.165) is 38.5 Å². The van der Waals surface area contributed by atoms with Crippen LogP contribution in [0.5, 0.6) is 0 Å². The van der Waals surface area contributed by atoms with Crippen molar-refractivity contribution in [3.05, 3.63) is 0 Å². The smallest absolute Gasteiger partial charge is 0.306 e. The molecule has 0 aliphatic rings. The van der Waals surface area contributed by atoms with E-state index in [1.807, 2.05) is 0 Å². The zero-order valence-corrected chi connectivity index (χ0v) is 23.7. The summed E-state index contributed by atoms with van der Waals surface area (Å²) in [6.07, 6.45) is 19.2. The normalized spacial score (nSPS) is 11.2. The van der Waals surface area contributed by atoms with Gasteiger partial charge in [0.25, 0.3) is 0 Å². The highest BCUT2D eigenvalue weighted by Gasteiger charge is 2.12. The van der Waals surface area contributed by atoms with Crippen LogP contribution in [0.3, 0.4) is 0 Å². The van der Waals surface area contributed by atoms with E-state index in [1.165, 1.54) is 71.1 Å². The number of hydrogen-bond donors (Lipinski definition) is 0. The summed E-state index contributed by atoms with van der Waals surface area (Å²) >= 11 is 0. The first kappa shape index (κ1) is 35.6. The fraction of sp³-hybridized carbons (Fsp3) is 0.897. The van der Waals surface area contributed by atoms with Crippen molar-refractivity contribution in [3.8, 4) is 0 Å². The zero-order chi connectivity index (χ0) is 26.6. The number of unbranched alkanes of at least 4 members (excludes halogenated alkanes) is 13. The van der Waals surface area contributed by atoms with Crippen molar-refractivity contribution in [2.45, 2.75) is 156 Å². The van der Waals surface area contributed by atoms with Crippen LogP contribution in [0.2, 0.25) is 0 Å². The lowest BCUT2D eigenvalue weighted by molar-refractivity contribution is -0.158. The predicted molar refractivity (Wildman–Crippen MR) is 143 cm³/mol. The number of carbonyl (C=O) groups excluding carboxylic acids is 3. The van der Waals surface area contributed by atoms with Crippen LogP contribution in [0.25, 0.3) is 0 Å². The van der Waals surface area contributed by atoms with E-state index in [1.54, 1.807) is 6.92 Å². The van der Waals surface area contributed by atoms with E-state index in [-0.39, 0.29) is 30.6 Å². The molecule has 6 nitrogen and oxygen atoms in total. The summed E-state index contributed by atoms with van der Waals surface area (Å²) in [5.41, 5.74) is 0. The van der Waals surface area contributed by atoms with E-state index in [0.29, 0.717) is 19.4 Å². The van der Waals surface area contributed by atoms with Gasteiger partial charge in [-0.1, -0.05) is 104 Å². The lowest BCUT2D eigenvalue weighted by atomic mass is 10.1. The number of esters is 3. The van der Waals surface area contributed by atoms with Gasteiger partial charge in [-0.15, -0.1) is 0 Å². The van der Waals surface area contributed by atoms with Gasteiger partial charge in [0, 0.05) is 19.8 Å². The van der Waals surface area contributed by atoms with Crippen molar-refractivity contribution in [2.24, 2.45) is 0 Å². The second kappa shape index (κ2) is 28.6. The van der Waals surface area contributed by atoms with Gasteiger partial charge in [-0.3, -0.25) is 14.4 Å². The predicted octanol–water partition coefficient (Wildman–Crippen LogP) is 8.09. The van der Waals surface area contributed by atoms with Gasteiger partial charge < -0.3 is 14.2 Å². The number of hydrogen-bond acceptors (Lipinski definition) is 6. The molecule has 6 heteroatoms. The first-order chi connectivity index (χ1) is 16.9. The molecule has 0 N–H and O–H groups in total. The molecule has 0 aliphatic carbocycles. The second-order valence-electron chi connectivity index (χ2n) is 9.42. The Balaban J connectivity index is 0. The molecule has 1 atom stereocenters. The van der Waals surface area contributed by atoms with Crippen LogP contribution >= 0.6 is 0 Å². The van der Waals surface area contributed by atoms with Crippen LogP contribution in [-0.4, -0.2) is 37.2 Å². The summed E-state index contributed by atoms with van der Waals surface area (Å²) in [6, 6.07) is 0. The van der Waals surface area contributed by atoms with E-state index in [4.69, 9.17) is 9.47 Å². The molecule has 0 saturated carbocycles. The number of rotatable bonds is 22. The van der Waals surface area contributed by atoms with Crippen LogP contribution in [-0.2, 0) is 28.6 Å². The summed E-state index contributed by atoms with van der Waals surface area (Å²) in [5, 5.41) is 0. The molecular formula is C29H56O6. The minimum absolute atomic E-state index is 0.165. The van der Waals surface area contributed by atoms with Crippen molar-refractivity contribution in [3.63, 3.8) is 0 Å². The largest absolute Gasteiger partial charge is 0.466 e. The average molecular weight is 501 g/mol. The summed E-state index contributed by atoms with van der Waals surface area (Å²) < 4.78 is 15.2. The van der Waals surface area contributed by atoms with Crippen LogP contribution < -0.4 is 0 Å². The Bertz CT molecular complexity index is 492. The molecule has 0 rings (SSSR count). The second-order valence-corrected chi connectivity index (χ2v) is 9.42. The Morgan fingerprint density at radius 1 is 0.571 bits per heavy atom. The fourth-order valence-electron chi connectivity index (χ4n) is 3.41. The fourth-order valence-corrected chi connectivity index (χ4v) is 3.41. The Labute approximate surface area is 216 Å². The molecule has 208 valence electrons. The molecule has 0 amide bonds. The Hall–Kier alpha value is -1.59. The third-order valence-electron chi connectivity index (χ3n) is 5.58. The molecule has 0 spiro atoms. The van der Waals surface area contributed by atoms with E-state index in [9.17, 15) is 14.4 Å². The standard InChI is InChI=1S/C23H44O4.C6H12O2/c1-4-6-8-10-12-14-16-18-22(24)26-20-21(3)27-23(25)19-17-15-13-11-9-7-5-2;1-3-4-5-8-6(2)7/h21H,4-20H2,1-3H3;3-5H2,1-2H3. The molecule has 0 saturated heterocycles. The lowest BCUT2D eigenvalue weighted by Gasteiger charge is -2.13. The summed E-state index contributed by atoms with van der Waals surface area (Å²) in [6.45, 7) is 10.4. The molecule has 0 aromatic rings. The van der Waals surface area contributed by atoms with Gasteiger partial charge >= 0.3 is 17.9 Å². The van der Waals surface area contributed by atoms with Crippen molar-refractivity contribution in [1.29, 1.82) is 0 Å². The Morgan fingerprint density at radius 3 is 1.46 bits per heavy atom. The number of ether oxygens (including phenoxy) is 3. The lowest BCUT2D eigenvalue weighted by Crippen LogP contribution is -2.22. The molecular weight excluding hydrogens is 444 g/mol. The summed E-state index contributed by atoms with van der Waals surface area (Å²) in [5.74, 6) is -0.545. The SMILES string of the molecule is CCCCCCCCCC(=O)OCC(C)OC(=O)CCCCCCCCC.CCCCOC(C)=O. The number of carbonyl (C=O) groups is 3. The van der Waals surface area contributed by atoms with Gasteiger partial charge in [0.2, 0.25) is 0 Å². The molecule has 0 aromatic heterocycles. The molecule has 35 heavy (non-hydrogen) atoms. The van der Waals surface area contributed by atoms with Gasteiger partial charge in [-0.2, -0.15) is 0 Å². The highest BCUT2D eigenvalue weighted by Crippen LogP contribution is 2.10. The Kier molecular flexibility index (Phi) is 29.1. The summed E-state index contributed by atoms with van der Waals surface area (Å²) in [4.78, 5) is 33.6. The molecule has 0 aliphatic heterocycles. The van der Waals surface area contributed by atoms with Crippen molar-refractivity contribution >= 4 is 17.9 Å². The van der Waals surface area contributed by atoms with E-state index >= 15 is 0 Å². The third-order valence-corrected chi connectivity index (χ3v) is 5.58. The molecule has 0 radical (unpaired) electrons. The first-order valence-electron chi connectivity index (χ1n) is 14.4. The van der Waals surface area contributed by atoms with Crippen LogP contribution in [0.4, 0.5) is 0 Å². The maximum atomic E-state index is 11.8. The zero-order valence-electron chi connectivity index (χ0n) is 23.7. The van der Waals surface area contributed by atoms with E-state index in [2.05, 4.69) is 25.5 Å². The maximum Gasteiger partial charge on any atom is 0.306 e. The highest BCUT2D eigenvalue weighted by atomic mass is 16.6. The topological polar surface area (TPSA) is 78.9 Å².